The average molecular weight is 196 g/mol. The van der Waals surface area contributed by atoms with Crippen molar-refractivity contribution in [2.45, 2.75) is 40.0 Å². The van der Waals surface area contributed by atoms with Crippen molar-refractivity contribution in [3.05, 3.63) is 0 Å². The summed E-state index contributed by atoms with van der Waals surface area (Å²) in [6.07, 6.45) is 4.67. The number of carbonyl (C=O) groups excluding carboxylic acids is 2. The minimum absolute atomic E-state index is 0.244. The summed E-state index contributed by atoms with van der Waals surface area (Å²) in [6, 6.07) is 0. The summed E-state index contributed by atoms with van der Waals surface area (Å²) >= 11 is 0. The van der Waals surface area contributed by atoms with Crippen LogP contribution in [0.15, 0.2) is 0 Å². The molecule has 0 saturated heterocycles. The maximum atomic E-state index is 11.1. The van der Waals surface area contributed by atoms with Gasteiger partial charge in [0.25, 0.3) is 0 Å². The fraction of sp³-hybridized carbons (Fsp3) is 0.833. The Morgan fingerprint density at radius 3 is 2.21 bits per heavy atom. The molecule has 0 aromatic rings. The Morgan fingerprint density at radius 2 is 1.79 bits per heavy atom. The molecule has 0 bridgehead atoms. The SMILES string of the molecule is CC1CCC(C(C)C)C(C=O)(C=O)C1. The van der Waals surface area contributed by atoms with Gasteiger partial charge in [0.15, 0.2) is 0 Å². The molecule has 0 aromatic heterocycles. The topological polar surface area (TPSA) is 34.1 Å². The van der Waals surface area contributed by atoms with E-state index in [2.05, 4.69) is 20.8 Å². The first-order chi connectivity index (χ1) is 6.55. The summed E-state index contributed by atoms with van der Waals surface area (Å²) in [4.78, 5) is 22.3. The van der Waals surface area contributed by atoms with Crippen LogP contribution in [0.2, 0.25) is 0 Å². The lowest BCUT2D eigenvalue weighted by Crippen LogP contribution is -2.41. The van der Waals surface area contributed by atoms with Crippen molar-refractivity contribution in [3.63, 3.8) is 0 Å². The predicted molar refractivity (Wildman–Crippen MR) is 55.9 cm³/mol. The highest BCUT2D eigenvalue weighted by Gasteiger charge is 2.44. The molecule has 2 nitrogen and oxygen atoms in total. The zero-order valence-electron chi connectivity index (χ0n) is 9.32. The quantitative estimate of drug-likeness (QED) is 0.513. The molecule has 0 radical (unpaired) electrons. The molecular formula is C12H20O2. The Hall–Kier alpha value is -0.660. The van der Waals surface area contributed by atoms with E-state index in [1.54, 1.807) is 0 Å². The van der Waals surface area contributed by atoms with Gasteiger partial charge in [0.1, 0.15) is 12.6 Å². The van der Waals surface area contributed by atoms with Crippen LogP contribution in [0.25, 0.3) is 0 Å². The number of carbonyl (C=O) groups is 2. The van der Waals surface area contributed by atoms with Gasteiger partial charge in [-0.1, -0.05) is 27.2 Å². The first-order valence-corrected chi connectivity index (χ1v) is 5.48. The molecule has 0 heterocycles. The molecule has 1 saturated carbocycles. The summed E-state index contributed by atoms with van der Waals surface area (Å²) in [7, 11) is 0. The fourth-order valence-corrected chi connectivity index (χ4v) is 2.84. The minimum Gasteiger partial charge on any atom is -0.302 e. The lowest BCUT2D eigenvalue weighted by molar-refractivity contribution is -0.135. The molecular weight excluding hydrogens is 176 g/mol. The molecule has 1 fully saturated rings. The van der Waals surface area contributed by atoms with E-state index in [0.717, 1.165) is 31.8 Å². The highest BCUT2D eigenvalue weighted by molar-refractivity contribution is 5.84. The zero-order chi connectivity index (χ0) is 10.8. The second-order valence-electron chi connectivity index (χ2n) is 5.09. The largest absolute Gasteiger partial charge is 0.302 e. The van der Waals surface area contributed by atoms with Crippen molar-refractivity contribution in [3.8, 4) is 0 Å². The van der Waals surface area contributed by atoms with E-state index in [9.17, 15) is 9.59 Å². The molecule has 0 N–H and O–H groups in total. The number of hydrogen-bond donors (Lipinski definition) is 0. The van der Waals surface area contributed by atoms with E-state index >= 15 is 0 Å². The van der Waals surface area contributed by atoms with Crippen LogP contribution in [0.5, 0.6) is 0 Å². The molecule has 0 aliphatic heterocycles. The molecule has 2 unspecified atom stereocenters. The maximum Gasteiger partial charge on any atom is 0.133 e. The van der Waals surface area contributed by atoms with Gasteiger partial charge in [0.2, 0.25) is 0 Å². The molecule has 0 aromatic carbocycles. The van der Waals surface area contributed by atoms with Crippen molar-refractivity contribution in [1.82, 2.24) is 0 Å². The van der Waals surface area contributed by atoms with Gasteiger partial charge in [0, 0.05) is 0 Å². The minimum atomic E-state index is -0.689. The Balaban J connectivity index is 2.92. The molecule has 1 aliphatic carbocycles. The Labute approximate surface area is 86.1 Å². The Bertz CT molecular complexity index is 212. The van der Waals surface area contributed by atoms with Crippen LogP contribution >= 0.6 is 0 Å². The van der Waals surface area contributed by atoms with Gasteiger partial charge in [-0.15, -0.1) is 0 Å². The van der Waals surface area contributed by atoms with Gasteiger partial charge in [0.05, 0.1) is 5.41 Å². The molecule has 0 spiro atoms. The lowest BCUT2D eigenvalue weighted by atomic mass is 9.61. The average Bonchev–Trinajstić information content (AvgIpc) is 2.16. The summed E-state index contributed by atoms with van der Waals surface area (Å²) in [5.41, 5.74) is -0.689. The normalized spacial score (nSPS) is 31.4. The molecule has 14 heavy (non-hydrogen) atoms. The second-order valence-corrected chi connectivity index (χ2v) is 5.09. The summed E-state index contributed by atoms with van der Waals surface area (Å²) in [6.45, 7) is 6.32. The number of hydrogen-bond acceptors (Lipinski definition) is 2. The van der Waals surface area contributed by atoms with E-state index < -0.39 is 5.41 Å². The first-order valence-electron chi connectivity index (χ1n) is 5.48. The van der Waals surface area contributed by atoms with E-state index in [1.165, 1.54) is 0 Å². The predicted octanol–water partition coefficient (Wildman–Crippen LogP) is 2.46. The van der Waals surface area contributed by atoms with Crippen LogP contribution in [-0.2, 0) is 9.59 Å². The molecule has 2 heteroatoms. The summed E-state index contributed by atoms with van der Waals surface area (Å²) < 4.78 is 0. The third-order valence-corrected chi connectivity index (χ3v) is 3.61. The second kappa shape index (κ2) is 4.24. The van der Waals surface area contributed by atoms with Gasteiger partial charge in [-0.2, -0.15) is 0 Å². The maximum absolute atomic E-state index is 11.1. The molecule has 2 atom stereocenters. The fourth-order valence-electron chi connectivity index (χ4n) is 2.84. The van der Waals surface area contributed by atoms with Gasteiger partial charge < -0.3 is 9.59 Å². The van der Waals surface area contributed by atoms with E-state index in [0.29, 0.717) is 11.8 Å². The number of aldehydes is 2. The van der Waals surface area contributed by atoms with Gasteiger partial charge >= 0.3 is 0 Å². The third kappa shape index (κ3) is 1.89. The van der Waals surface area contributed by atoms with Crippen LogP contribution in [0.4, 0.5) is 0 Å². The third-order valence-electron chi connectivity index (χ3n) is 3.61. The van der Waals surface area contributed by atoms with Crippen LogP contribution in [0.1, 0.15) is 40.0 Å². The van der Waals surface area contributed by atoms with Gasteiger partial charge in [-0.25, -0.2) is 0 Å². The zero-order valence-corrected chi connectivity index (χ0v) is 9.32. The van der Waals surface area contributed by atoms with Crippen molar-refractivity contribution < 1.29 is 9.59 Å². The molecule has 1 aliphatic rings. The first kappa shape index (κ1) is 11.4. The van der Waals surface area contributed by atoms with Crippen LogP contribution < -0.4 is 0 Å². The number of rotatable bonds is 3. The summed E-state index contributed by atoms with van der Waals surface area (Å²) in [5, 5.41) is 0. The molecule has 1 rings (SSSR count). The standard InChI is InChI=1S/C12H20O2/c1-9(2)11-5-4-10(3)6-12(11,7-13)8-14/h7-11H,4-6H2,1-3H3. The van der Waals surface area contributed by atoms with Crippen molar-refractivity contribution >= 4 is 12.6 Å². The van der Waals surface area contributed by atoms with Gasteiger partial charge in [-0.05, 0) is 30.6 Å². The van der Waals surface area contributed by atoms with Gasteiger partial charge in [-0.3, -0.25) is 0 Å². The molecule has 0 amide bonds. The van der Waals surface area contributed by atoms with Crippen LogP contribution in [0, 0.1) is 23.2 Å². The lowest BCUT2D eigenvalue weighted by Gasteiger charge is -2.41. The van der Waals surface area contributed by atoms with E-state index in [1.807, 2.05) is 0 Å². The Kier molecular flexibility index (Phi) is 3.46. The van der Waals surface area contributed by atoms with Crippen molar-refractivity contribution in [2.24, 2.45) is 23.2 Å². The Morgan fingerprint density at radius 1 is 1.21 bits per heavy atom. The van der Waals surface area contributed by atoms with Crippen LogP contribution in [0.3, 0.4) is 0 Å². The highest BCUT2D eigenvalue weighted by atomic mass is 16.1. The summed E-state index contributed by atoms with van der Waals surface area (Å²) in [5.74, 6) is 1.16. The van der Waals surface area contributed by atoms with Crippen LogP contribution in [-0.4, -0.2) is 12.6 Å². The van der Waals surface area contributed by atoms with Crippen molar-refractivity contribution in [1.29, 1.82) is 0 Å². The van der Waals surface area contributed by atoms with E-state index in [-0.39, 0.29) is 5.92 Å². The molecule has 80 valence electrons. The van der Waals surface area contributed by atoms with Crippen molar-refractivity contribution in [2.75, 3.05) is 0 Å². The highest BCUT2D eigenvalue weighted by Crippen LogP contribution is 2.44. The monoisotopic (exact) mass is 196 g/mol. The van der Waals surface area contributed by atoms with E-state index in [4.69, 9.17) is 0 Å². The smallest absolute Gasteiger partial charge is 0.133 e.